The number of pyridine rings is 2. The van der Waals surface area contributed by atoms with Crippen LogP contribution in [0.15, 0.2) is 70.6 Å². The molecule has 0 aliphatic carbocycles. The quantitative estimate of drug-likeness (QED) is 0.600. The maximum atomic E-state index is 13.4. The van der Waals surface area contributed by atoms with Gasteiger partial charge in [0.05, 0.1) is 23.3 Å². The Morgan fingerprint density at radius 1 is 1.09 bits per heavy atom. The molecule has 0 radical (unpaired) electrons. The van der Waals surface area contributed by atoms with Crippen LogP contribution in [0.2, 0.25) is 0 Å². The van der Waals surface area contributed by atoms with Gasteiger partial charge in [0.1, 0.15) is 5.75 Å². The first-order chi connectivity index (χ1) is 16.4. The minimum absolute atomic E-state index is 0.00116. The van der Waals surface area contributed by atoms with E-state index in [1.54, 1.807) is 41.1 Å². The van der Waals surface area contributed by atoms with E-state index in [2.05, 4.69) is 10.3 Å². The Labute approximate surface area is 197 Å². The van der Waals surface area contributed by atoms with Crippen LogP contribution in [-0.2, 0) is 16.6 Å². The van der Waals surface area contributed by atoms with Crippen LogP contribution in [0.5, 0.6) is 5.75 Å². The fourth-order valence-electron chi connectivity index (χ4n) is 4.86. The van der Waals surface area contributed by atoms with E-state index in [0.29, 0.717) is 35.8 Å². The molecule has 0 saturated carbocycles. The Morgan fingerprint density at radius 3 is 2.59 bits per heavy atom. The zero-order valence-corrected chi connectivity index (χ0v) is 19.4. The summed E-state index contributed by atoms with van der Waals surface area (Å²) in [6.07, 6.45) is 3.80. The number of hydrogen-bond donors (Lipinski definition) is 1. The van der Waals surface area contributed by atoms with Crippen molar-refractivity contribution in [1.82, 2.24) is 13.9 Å². The number of ether oxygens (including phenoxy) is 1. The summed E-state index contributed by atoms with van der Waals surface area (Å²) >= 11 is 0. The Kier molecular flexibility index (Phi) is 5.70. The molecule has 176 valence electrons. The van der Waals surface area contributed by atoms with E-state index in [4.69, 9.17) is 4.74 Å². The second-order valence-electron chi connectivity index (χ2n) is 8.57. The van der Waals surface area contributed by atoms with E-state index in [9.17, 15) is 18.0 Å². The number of fused-ring (bicyclic) bond motifs is 4. The molecule has 0 unspecified atom stereocenters. The molecular formula is C24H24N4O5S. The molecule has 10 heteroatoms. The number of benzene rings is 1. The summed E-state index contributed by atoms with van der Waals surface area (Å²) in [6.45, 7) is 0.961. The molecule has 0 spiro atoms. The molecule has 3 aromatic rings. The number of piperidine rings is 1. The van der Waals surface area contributed by atoms with Crippen LogP contribution in [0.4, 0.5) is 5.69 Å². The first-order valence-corrected chi connectivity index (χ1v) is 12.4. The molecule has 34 heavy (non-hydrogen) atoms. The number of nitrogens with zero attached hydrogens (tertiary/aromatic N) is 3. The van der Waals surface area contributed by atoms with Gasteiger partial charge in [-0.05, 0) is 54.8 Å². The van der Waals surface area contributed by atoms with Gasteiger partial charge in [0, 0.05) is 49.7 Å². The Balaban J connectivity index is 1.47. The molecule has 5 rings (SSSR count). The van der Waals surface area contributed by atoms with Gasteiger partial charge in [-0.2, -0.15) is 4.31 Å². The number of sulfonamides is 1. The van der Waals surface area contributed by atoms with Crippen LogP contribution < -0.4 is 15.6 Å². The number of aromatic nitrogens is 2. The number of nitrogens with one attached hydrogen (secondary N) is 1. The van der Waals surface area contributed by atoms with Crippen molar-refractivity contribution in [3.05, 3.63) is 82.5 Å². The number of carbonyl (C=O) groups excluding carboxylic acids is 1. The zero-order valence-electron chi connectivity index (χ0n) is 18.5. The molecule has 2 aliphatic rings. The first kappa shape index (κ1) is 22.3. The fourth-order valence-corrected chi connectivity index (χ4v) is 6.42. The summed E-state index contributed by atoms with van der Waals surface area (Å²) in [5.41, 5.74) is 1.42. The summed E-state index contributed by atoms with van der Waals surface area (Å²) in [4.78, 5) is 29.6. The zero-order chi connectivity index (χ0) is 23.9. The van der Waals surface area contributed by atoms with Crippen molar-refractivity contribution >= 4 is 21.6 Å². The van der Waals surface area contributed by atoms with Crippen LogP contribution in [0.1, 0.15) is 28.4 Å². The molecule has 4 heterocycles. The highest BCUT2D eigenvalue weighted by Gasteiger charge is 2.40. The van der Waals surface area contributed by atoms with Gasteiger partial charge in [0.2, 0.25) is 10.0 Å². The Hall–Kier alpha value is -3.50. The van der Waals surface area contributed by atoms with Gasteiger partial charge >= 0.3 is 0 Å². The van der Waals surface area contributed by atoms with Crippen molar-refractivity contribution < 1.29 is 17.9 Å². The number of rotatable bonds is 5. The van der Waals surface area contributed by atoms with Gasteiger partial charge in [-0.3, -0.25) is 14.6 Å². The van der Waals surface area contributed by atoms with Crippen molar-refractivity contribution in [3.8, 4) is 5.75 Å². The van der Waals surface area contributed by atoms with E-state index in [1.165, 1.54) is 35.8 Å². The lowest BCUT2D eigenvalue weighted by atomic mass is 9.83. The summed E-state index contributed by atoms with van der Waals surface area (Å²) in [5.74, 6) is 0.0202. The monoisotopic (exact) mass is 480 g/mol. The summed E-state index contributed by atoms with van der Waals surface area (Å²) in [7, 11) is -2.20. The van der Waals surface area contributed by atoms with Crippen LogP contribution in [-0.4, -0.2) is 48.4 Å². The van der Waals surface area contributed by atoms with Crippen molar-refractivity contribution in [2.24, 2.45) is 5.92 Å². The Bertz CT molecular complexity index is 1390. The average molecular weight is 481 g/mol. The molecule has 1 saturated heterocycles. The van der Waals surface area contributed by atoms with Crippen molar-refractivity contribution in [3.63, 3.8) is 0 Å². The normalized spacial score (nSPS) is 19.8. The van der Waals surface area contributed by atoms with E-state index >= 15 is 0 Å². The molecule has 2 aromatic heterocycles. The smallest absolute Gasteiger partial charge is 0.257 e. The SMILES string of the molecule is COc1ccc(S(=O)(=O)N2C[C@H]3C[C@H](C2)c2c(NC(=O)c4cccnc4)ccc(=O)n2C3)cc1. The third kappa shape index (κ3) is 3.99. The standard InChI is InChI=1S/C24H24N4O5S/c1-33-19-4-6-20(7-5-19)34(31,32)27-13-16-11-18(15-27)23-21(8-9-22(29)28(23)14-16)26-24(30)17-3-2-10-25-12-17/h2-10,12,16,18H,11,13-15H2,1H3,(H,26,30)/t16-,18-/m1/s1. The van der Waals surface area contributed by atoms with E-state index in [1.807, 2.05) is 0 Å². The molecule has 1 amide bonds. The first-order valence-electron chi connectivity index (χ1n) is 11.0. The van der Waals surface area contributed by atoms with Crippen molar-refractivity contribution in [2.75, 3.05) is 25.5 Å². The Morgan fingerprint density at radius 2 is 1.88 bits per heavy atom. The molecule has 1 N–H and O–H groups in total. The van der Waals surface area contributed by atoms with Gasteiger partial charge in [-0.15, -0.1) is 0 Å². The van der Waals surface area contributed by atoms with Gasteiger partial charge in [0.15, 0.2) is 0 Å². The summed E-state index contributed by atoms with van der Waals surface area (Å²) in [6, 6.07) is 12.7. The second-order valence-corrected chi connectivity index (χ2v) is 10.5. The maximum absolute atomic E-state index is 13.4. The fraction of sp³-hybridized carbons (Fsp3) is 0.292. The molecule has 9 nitrogen and oxygen atoms in total. The minimum Gasteiger partial charge on any atom is -0.497 e. The number of carbonyl (C=O) groups is 1. The topological polar surface area (TPSA) is 111 Å². The van der Waals surface area contributed by atoms with Gasteiger partial charge in [-0.1, -0.05) is 0 Å². The highest BCUT2D eigenvalue weighted by Crippen LogP contribution is 2.40. The van der Waals surface area contributed by atoms with Crippen LogP contribution >= 0.6 is 0 Å². The van der Waals surface area contributed by atoms with E-state index < -0.39 is 10.0 Å². The molecule has 2 atom stereocenters. The number of methoxy groups -OCH3 is 1. The molecule has 2 aliphatic heterocycles. The molecule has 2 bridgehead atoms. The third-order valence-electron chi connectivity index (χ3n) is 6.43. The van der Waals surface area contributed by atoms with Gasteiger partial charge < -0.3 is 14.6 Å². The maximum Gasteiger partial charge on any atom is 0.257 e. The third-order valence-corrected chi connectivity index (χ3v) is 8.27. The lowest BCUT2D eigenvalue weighted by Crippen LogP contribution is -2.49. The predicted molar refractivity (Wildman–Crippen MR) is 125 cm³/mol. The summed E-state index contributed by atoms with van der Waals surface area (Å²) < 4.78 is 35.1. The lowest BCUT2D eigenvalue weighted by molar-refractivity contribution is 0.102. The van der Waals surface area contributed by atoms with Crippen LogP contribution in [0.25, 0.3) is 0 Å². The average Bonchev–Trinajstić information content (AvgIpc) is 2.86. The van der Waals surface area contributed by atoms with Crippen molar-refractivity contribution in [1.29, 1.82) is 0 Å². The van der Waals surface area contributed by atoms with Gasteiger partial charge in [-0.25, -0.2) is 8.42 Å². The molecule has 1 fully saturated rings. The number of hydrogen-bond acceptors (Lipinski definition) is 6. The second kappa shape index (κ2) is 8.69. The van der Waals surface area contributed by atoms with Crippen LogP contribution in [0.3, 0.4) is 0 Å². The largest absolute Gasteiger partial charge is 0.497 e. The minimum atomic E-state index is -3.73. The van der Waals surface area contributed by atoms with Gasteiger partial charge in [0.25, 0.3) is 11.5 Å². The highest BCUT2D eigenvalue weighted by atomic mass is 32.2. The van der Waals surface area contributed by atoms with E-state index in [0.717, 1.165) is 6.42 Å². The van der Waals surface area contributed by atoms with E-state index in [-0.39, 0.29) is 34.7 Å². The predicted octanol–water partition coefficient (Wildman–Crippen LogP) is 2.31. The molecular weight excluding hydrogens is 456 g/mol. The lowest BCUT2D eigenvalue weighted by Gasteiger charge is -2.42. The highest BCUT2D eigenvalue weighted by molar-refractivity contribution is 7.89. The number of amides is 1. The van der Waals surface area contributed by atoms with Crippen LogP contribution in [0, 0.1) is 5.92 Å². The van der Waals surface area contributed by atoms with Crippen molar-refractivity contribution in [2.45, 2.75) is 23.8 Å². The number of anilines is 1. The summed E-state index contributed by atoms with van der Waals surface area (Å²) in [5, 5.41) is 2.89. The molecule has 1 aromatic carbocycles.